The summed E-state index contributed by atoms with van der Waals surface area (Å²) in [6.07, 6.45) is 7.37. The lowest BCUT2D eigenvalue weighted by Gasteiger charge is -2.33. The van der Waals surface area contributed by atoms with Crippen LogP contribution in [-0.4, -0.2) is 24.4 Å². The molecule has 0 N–H and O–H groups in total. The Morgan fingerprint density at radius 1 is 1.38 bits per heavy atom. The van der Waals surface area contributed by atoms with Crippen molar-refractivity contribution in [2.45, 2.75) is 44.9 Å². The second-order valence-corrected chi connectivity index (χ2v) is 5.38. The van der Waals surface area contributed by atoms with Gasteiger partial charge in [0.05, 0.1) is 6.07 Å². The third-order valence-corrected chi connectivity index (χ3v) is 4.18. The van der Waals surface area contributed by atoms with Gasteiger partial charge in [-0.05, 0) is 31.6 Å². The van der Waals surface area contributed by atoms with Gasteiger partial charge in [-0.15, -0.1) is 0 Å². The highest BCUT2D eigenvalue weighted by molar-refractivity contribution is 5.85. The molecule has 2 fully saturated rings. The molecule has 0 aromatic heterocycles. The molecule has 0 aliphatic heterocycles. The summed E-state index contributed by atoms with van der Waals surface area (Å²) in [5.74, 6) is 0.755. The van der Waals surface area contributed by atoms with Gasteiger partial charge in [0, 0.05) is 13.6 Å². The van der Waals surface area contributed by atoms with Crippen LogP contribution in [0.2, 0.25) is 0 Å². The number of nitriles is 1. The van der Waals surface area contributed by atoms with Crippen molar-refractivity contribution in [1.82, 2.24) is 4.90 Å². The lowest BCUT2D eigenvalue weighted by Crippen LogP contribution is -2.42. The zero-order chi connectivity index (χ0) is 11.6. The lowest BCUT2D eigenvalue weighted by atomic mass is 9.83. The van der Waals surface area contributed by atoms with Crippen molar-refractivity contribution < 1.29 is 4.79 Å². The minimum atomic E-state index is -0.682. The van der Waals surface area contributed by atoms with E-state index in [-0.39, 0.29) is 5.91 Å². The van der Waals surface area contributed by atoms with Crippen LogP contribution < -0.4 is 0 Å². The SMILES string of the molecule is CN(CC1CCC1)C(=O)C1(C#N)CCCC1. The van der Waals surface area contributed by atoms with E-state index < -0.39 is 5.41 Å². The van der Waals surface area contributed by atoms with E-state index in [1.54, 1.807) is 4.90 Å². The molecule has 0 atom stereocenters. The fourth-order valence-electron chi connectivity index (χ4n) is 2.86. The molecule has 0 heterocycles. The highest BCUT2D eigenvalue weighted by atomic mass is 16.2. The third-order valence-electron chi connectivity index (χ3n) is 4.18. The van der Waals surface area contributed by atoms with Crippen molar-refractivity contribution in [1.29, 1.82) is 5.26 Å². The molecule has 2 rings (SSSR count). The summed E-state index contributed by atoms with van der Waals surface area (Å²) in [4.78, 5) is 14.1. The summed E-state index contributed by atoms with van der Waals surface area (Å²) in [5, 5.41) is 9.24. The maximum atomic E-state index is 12.3. The van der Waals surface area contributed by atoms with Gasteiger partial charge in [0.25, 0.3) is 0 Å². The summed E-state index contributed by atoms with van der Waals surface area (Å²) in [6.45, 7) is 0.849. The molecule has 2 aliphatic carbocycles. The van der Waals surface area contributed by atoms with Gasteiger partial charge < -0.3 is 4.90 Å². The Labute approximate surface area is 97.4 Å². The molecule has 0 aromatic rings. The van der Waals surface area contributed by atoms with Crippen LogP contribution in [0.5, 0.6) is 0 Å². The first-order chi connectivity index (χ1) is 7.68. The first-order valence-electron chi connectivity index (χ1n) is 6.35. The van der Waals surface area contributed by atoms with Crippen molar-refractivity contribution in [3.63, 3.8) is 0 Å². The summed E-state index contributed by atoms with van der Waals surface area (Å²) < 4.78 is 0. The molecule has 2 saturated carbocycles. The number of hydrogen-bond donors (Lipinski definition) is 0. The molecular formula is C13H20N2O. The molecule has 0 unspecified atom stereocenters. The van der Waals surface area contributed by atoms with Crippen LogP contribution in [0.4, 0.5) is 0 Å². The normalized spacial score (nSPS) is 23.5. The Balaban J connectivity index is 1.96. The van der Waals surface area contributed by atoms with Crippen LogP contribution >= 0.6 is 0 Å². The van der Waals surface area contributed by atoms with Crippen molar-refractivity contribution in [2.24, 2.45) is 11.3 Å². The van der Waals surface area contributed by atoms with Crippen molar-refractivity contribution in [3.8, 4) is 6.07 Å². The molecule has 2 aliphatic rings. The fourth-order valence-corrected chi connectivity index (χ4v) is 2.86. The number of amides is 1. The van der Waals surface area contributed by atoms with Gasteiger partial charge >= 0.3 is 0 Å². The molecule has 1 amide bonds. The van der Waals surface area contributed by atoms with Gasteiger partial charge in [0.1, 0.15) is 5.41 Å². The molecule has 88 valence electrons. The minimum absolute atomic E-state index is 0.0689. The van der Waals surface area contributed by atoms with E-state index in [0.29, 0.717) is 5.92 Å². The Morgan fingerprint density at radius 2 is 2.00 bits per heavy atom. The highest BCUT2D eigenvalue weighted by Crippen LogP contribution is 2.39. The van der Waals surface area contributed by atoms with Gasteiger partial charge in [-0.2, -0.15) is 5.26 Å². The molecule has 0 saturated heterocycles. The lowest BCUT2D eigenvalue weighted by molar-refractivity contribution is -0.138. The standard InChI is InChI=1S/C13H20N2O/c1-15(9-11-5-4-6-11)12(16)13(10-14)7-2-3-8-13/h11H,2-9H2,1H3. The second-order valence-electron chi connectivity index (χ2n) is 5.38. The zero-order valence-corrected chi connectivity index (χ0v) is 10.0. The minimum Gasteiger partial charge on any atom is -0.344 e. The van der Waals surface area contributed by atoms with E-state index in [1.165, 1.54) is 19.3 Å². The quantitative estimate of drug-likeness (QED) is 0.732. The van der Waals surface area contributed by atoms with Crippen molar-refractivity contribution in [2.75, 3.05) is 13.6 Å². The number of rotatable bonds is 3. The molecule has 16 heavy (non-hydrogen) atoms. The van der Waals surface area contributed by atoms with Crippen LogP contribution in [0, 0.1) is 22.7 Å². The van der Waals surface area contributed by atoms with Crippen molar-refractivity contribution in [3.05, 3.63) is 0 Å². The van der Waals surface area contributed by atoms with Gasteiger partial charge in [-0.1, -0.05) is 19.3 Å². The van der Waals surface area contributed by atoms with Gasteiger partial charge in [-0.25, -0.2) is 0 Å². The molecule has 0 bridgehead atoms. The zero-order valence-electron chi connectivity index (χ0n) is 10.0. The monoisotopic (exact) mass is 220 g/mol. The van der Waals surface area contributed by atoms with Gasteiger partial charge in [-0.3, -0.25) is 4.79 Å². The van der Waals surface area contributed by atoms with E-state index in [2.05, 4.69) is 6.07 Å². The summed E-state index contributed by atoms with van der Waals surface area (Å²) in [5.41, 5.74) is -0.682. The molecule has 0 radical (unpaired) electrons. The average molecular weight is 220 g/mol. The molecule has 3 nitrogen and oxygen atoms in total. The van der Waals surface area contributed by atoms with E-state index in [0.717, 1.165) is 32.2 Å². The van der Waals surface area contributed by atoms with Crippen LogP contribution in [0.25, 0.3) is 0 Å². The van der Waals surface area contributed by atoms with E-state index in [4.69, 9.17) is 0 Å². The maximum absolute atomic E-state index is 12.3. The number of hydrogen-bond acceptors (Lipinski definition) is 2. The maximum Gasteiger partial charge on any atom is 0.242 e. The number of carbonyl (C=O) groups excluding carboxylic acids is 1. The molecule has 0 aromatic carbocycles. The van der Waals surface area contributed by atoms with Crippen LogP contribution in [0.15, 0.2) is 0 Å². The van der Waals surface area contributed by atoms with Gasteiger partial charge in [0.2, 0.25) is 5.91 Å². The van der Waals surface area contributed by atoms with E-state index in [1.807, 2.05) is 7.05 Å². The largest absolute Gasteiger partial charge is 0.344 e. The van der Waals surface area contributed by atoms with Gasteiger partial charge in [0.15, 0.2) is 0 Å². The number of nitrogens with zero attached hydrogens (tertiary/aromatic N) is 2. The predicted octanol–water partition coefficient (Wildman–Crippen LogP) is 2.33. The molecular weight excluding hydrogens is 200 g/mol. The first kappa shape index (κ1) is 11.4. The Hall–Kier alpha value is -1.04. The Morgan fingerprint density at radius 3 is 2.44 bits per heavy atom. The Kier molecular flexibility index (Phi) is 3.18. The highest BCUT2D eigenvalue weighted by Gasteiger charge is 2.43. The first-order valence-corrected chi connectivity index (χ1v) is 6.35. The van der Waals surface area contributed by atoms with Crippen LogP contribution in [0.3, 0.4) is 0 Å². The predicted molar refractivity (Wildman–Crippen MR) is 61.5 cm³/mol. The average Bonchev–Trinajstić information content (AvgIpc) is 2.71. The summed E-state index contributed by atoms with van der Waals surface area (Å²) in [7, 11) is 1.86. The smallest absolute Gasteiger partial charge is 0.242 e. The van der Waals surface area contributed by atoms with Crippen LogP contribution in [0.1, 0.15) is 44.9 Å². The van der Waals surface area contributed by atoms with Crippen molar-refractivity contribution >= 4 is 5.91 Å². The molecule has 3 heteroatoms. The molecule has 0 spiro atoms. The summed E-state index contributed by atoms with van der Waals surface area (Å²) >= 11 is 0. The third kappa shape index (κ3) is 1.93. The number of carbonyl (C=O) groups is 1. The second kappa shape index (κ2) is 4.45. The van der Waals surface area contributed by atoms with E-state index in [9.17, 15) is 10.1 Å². The Bertz CT molecular complexity index is 308. The fraction of sp³-hybridized carbons (Fsp3) is 0.846. The van der Waals surface area contributed by atoms with Crippen LogP contribution in [-0.2, 0) is 4.79 Å². The topological polar surface area (TPSA) is 44.1 Å². The van der Waals surface area contributed by atoms with E-state index >= 15 is 0 Å². The summed E-state index contributed by atoms with van der Waals surface area (Å²) in [6, 6.07) is 2.28.